The Labute approximate surface area is 167 Å². The monoisotopic (exact) mass is 388 g/mol. The first kappa shape index (κ1) is 21.7. The minimum absolute atomic E-state index is 0.0309. The molecule has 0 atom stereocenters. The summed E-state index contributed by atoms with van der Waals surface area (Å²) in [6, 6.07) is 7.40. The highest BCUT2D eigenvalue weighted by Crippen LogP contribution is 2.20. The fraction of sp³-hybridized carbons (Fsp3) is 0.571. The van der Waals surface area contributed by atoms with Crippen molar-refractivity contribution in [3.63, 3.8) is 0 Å². The van der Waals surface area contributed by atoms with Crippen LogP contribution in [-0.2, 0) is 9.59 Å². The standard InChI is InChI=1S/C21H32N4O3/c1-6-7-11-23(20(28)22-21(3,4)5)13-18(26)24-14-19(27)25(15-24)17-10-8-9-16(2)12-17/h8-10,12H,6-7,11,13-15H2,1-5H3,(H,22,28). The SMILES string of the molecule is CCCCN(CC(=O)N1CC(=O)N(c2cccc(C)c2)C1)C(=O)NC(C)(C)C. The lowest BCUT2D eigenvalue weighted by Gasteiger charge is -2.29. The average molecular weight is 389 g/mol. The summed E-state index contributed by atoms with van der Waals surface area (Å²) in [5, 5.41) is 2.91. The Morgan fingerprint density at radius 2 is 1.96 bits per heavy atom. The van der Waals surface area contributed by atoms with Gasteiger partial charge in [0.05, 0.1) is 0 Å². The summed E-state index contributed by atoms with van der Waals surface area (Å²) in [4.78, 5) is 42.4. The Kier molecular flexibility index (Phi) is 7.05. The van der Waals surface area contributed by atoms with Gasteiger partial charge in [0.25, 0.3) is 0 Å². The van der Waals surface area contributed by atoms with Crippen molar-refractivity contribution in [1.29, 1.82) is 0 Å². The van der Waals surface area contributed by atoms with Gasteiger partial charge in [-0.2, -0.15) is 0 Å². The molecular formula is C21H32N4O3. The molecule has 7 heteroatoms. The van der Waals surface area contributed by atoms with Gasteiger partial charge in [-0.15, -0.1) is 0 Å². The van der Waals surface area contributed by atoms with Crippen molar-refractivity contribution in [2.45, 2.75) is 53.0 Å². The van der Waals surface area contributed by atoms with Gasteiger partial charge in [0, 0.05) is 17.8 Å². The van der Waals surface area contributed by atoms with E-state index in [1.54, 1.807) is 4.90 Å². The highest BCUT2D eigenvalue weighted by atomic mass is 16.2. The minimum atomic E-state index is -0.379. The topological polar surface area (TPSA) is 73.0 Å². The minimum Gasteiger partial charge on any atom is -0.333 e. The van der Waals surface area contributed by atoms with Gasteiger partial charge in [-0.25, -0.2) is 4.79 Å². The van der Waals surface area contributed by atoms with Crippen LogP contribution >= 0.6 is 0 Å². The summed E-state index contributed by atoms with van der Waals surface area (Å²) in [7, 11) is 0. The molecule has 1 aliphatic rings. The number of aryl methyl sites for hydroxylation is 1. The predicted octanol–water partition coefficient (Wildman–Crippen LogP) is 2.74. The molecule has 0 bridgehead atoms. The molecule has 0 saturated carbocycles. The number of unbranched alkanes of at least 4 members (excludes halogenated alkanes) is 1. The van der Waals surface area contributed by atoms with E-state index in [1.807, 2.05) is 58.9 Å². The largest absolute Gasteiger partial charge is 0.333 e. The third-order valence-corrected chi connectivity index (χ3v) is 4.48. The Hall–Kier alpha value is -2.57. The van der Waals surface area contributed by atoms with Crippen molar-refractivity contribution < 1.29 is 14.4 Å². The molecule has 4 amide bonds. The Morgan fingerprint density at radius 1 is 1.25 bits per heavy atom. The van der Waals surface area contributed by atoms with Crippen molar-refractivity contribution in [3.05, 3.63) is 29.8 Å². The van der Waals surface area contributed by atoms with Crippen LogP contribution in [0.1, 0.15) is 46.1 Å². The van der Waals surface area contributed by atoms with Crippen LogP contribution in [0.4, 0.5) is 10.5 Å². The van der Waals surface area contributed by atoms with Crippen molar-refractivity contribution in [2.75, 3.05) is 31.2 Å². The molecule has 1 aromatic rings. The molecule has 154 valence electrons. The Balaban J connectivity index is 2.04. The first-order valence-electron chi connectivity index (χ1n) is 9.82. The van der Waals surface area contributed by atoms with Crippen LogP contribution in [0.3, 0.4) is 0 Å². The first-order chi connectivity index (χ1) is 13.1. The molecule has 1 aliphatic heterocycles. The van der Waals surface area contributed by atoms with Crippen LogP contribution < -0.4 is 10.2 Å². The van der Waals surface area contributed by atoms with Gasteiger partial charge < -0.3 is 15.1 Å². The maximum absolute atomic E-state index is 12.8. The highest BCUT2D eigenvalue weighted by molar-refractivity contribution is 6.00. The van der Waals surface area contributed by atoms with Gasteiger partial charge in [-0.1, -0.05) is 25.5 Å². The van der Waals surface area contributed by atoms with Gasteiger partial charge in [-0.3, -0.25) is 14.5 Å². The molecule has 7 nitrogen and oxygen atoms in total. The summed E-state index contributed by atoms with van der Waals surface area (Å²) >= 11 is 0. The van der Waals surface area contributed by atoms with Crippen LogP contribution in [0.5, 0.6) is 0 Å². The van der Waals surface area contributed by atoms with Crippen molar-refractivity contribution in [1.82, 2.24) is 15.1 Å². The number of carbonyl (C=O) groups is 3. The number of anilines is 1. The van der Waals surface area contributed by atoms with Gasteiger partial charge in [0.1, 0.15) is 19.8 Å². The third-order valence-electron chi connectivity index (χ3n) is 4.48. The van der Waals surface area contributed by atoms with Gasteiger partial charge >= 0.3 is 6.03 Å². The van der Waals surface area contributed by atoms with E-state index in [-0.39, 0.29) is 43.1 Å². The molecule has 1 heterocycles. The maximum Gasteiger partial charge on any atom is 0.318 e. The van der Waals surface area contributed by atoms with Gasteiger partial charge in [0.2, 0.25) is 11.8 Å². The average Bonchev–Trinajstić information content (AvgIpc) is 2.98. The van der Waals surface area contributed by atoms with Crippen molar-refractivity contribution in [3.8, 4) is 0 Å². The maximum atomic E-state index is 12.8. The van der Waals surface area contributed by atoms with Crippen molar-refractivity contribution in [2.24, 2.45) is 0 Å². The number of urea groups is 1. The summed E-state index contributed by atoms with van der Waals surface area (Å²) in [5.41, 5.74) is 1.46. The van der Waals surface area contributed by atoms with E-state index in [0.717, 1.165) is 24.1 Å². The zero-order chi connectivity index (χ0) is 20.9. The predicted molar refractivity (Wildman–Crippen MR) is 110 cm³/mol. The highest BCUT2D eigenvalue weighted by Gasteiger charge is 2.33. The normalized spacial score (nSPS) is 14.4. The molecule has 0 aliphatic carbocycles. The number of benzene rings is 1. The smallest absolute Gasteiger partial charge is 0.318 e. The molecule has 1 aromatic carbocycles. The molecule has 28 heavy (non-hydrogen) atoms. The number of rotatable bonds is 6. The summed E-state index contributed by atoms with van der Waals surface area (Å²) < 4.78 is 0. The lowest BCUT2D eigenvalue weighted by molar-refractivity contribution is -0.132. The molecule has 1 N–H and O–H groups in total. The molecule has 2 rings (SSSR count). The van der Waals surface area contributed by atoms with Gasteiger partial charge in [-0.05, 0) is 51.8 Å². The van der Waals surface area contributed by atoms with E-state index >= 15 is 0 Å². The molecular weight excluding hydrogens is 356 g/mol. The zero-order valence-corrected chi connectivity index (χ0v) is 17.6. The quantitative estimate of drug-likeness (QED) is 0.814. The Bertz CT molecular complexity index is 727. The van der Waals surface area contributed by atoms with Crippen LogP contribution in [0, 0.1) is 6.92 Å². The summed E-state index contributed by atoms with van der Waals surface area (Å²) in [6.45, 7) is 10.5. The molecule has 1 saturated heterocycles. The van der Waals surface area contributed by atoms with Crippen LogP contribution in [-0.4, -0.2) is 59.5 Å². The van der Waals surface area contributed by atoms with Crippen LogP contribution in [0.15, 0.2) is 24.3 Å². The number of nitrogens with one attached hydrogen (secondary N) is 1. The molecule has 0 unspecified atom stereocenters. The number of hydrogen-bond acceptors (Lipinski definition) is 3. The van der Waals surface area contributed by atoms with E-state index in [0.29, 0.717) is 6.54 Å². The molecule has 0 spiro atoms. The lowest BCUT2D eigenvalue weighted by atomic mass is 10.1. The second-order valence-corrected chi connectivity index (χ2v) is 8.35. The van der Waals surface area contributed by atoms with E-state index in [9.17, 15) is 14.4 Å². The number of amides is 4. The Morgan fingerprint density at radius 3 is 2.57 bits per heavy atom. The van der Waals surface area contributed by atoms with E-state index in [4.69, 9.17) is 0 Å². The van der Waals surface area contributed by atoms with E-state index in [1.165, 1.54) is 9.80 Å². The fourth-order valence-electron chi connectivity index (χ4n) is 3.00. The summed E-state index contributed by atoms with van der Waals surface area (Å²) in [6.07, 6.45) is 1.75. The first-order valence-corrected chi connectivity index (χ1v) is 9.82. The number of nitrogens with zero attached hydrogens (tertiary/aromatic N) is 3. The lowest BCUT2D eigenvalue weighted by Crippen LogP contribution is -2.51. The third kappa shape index (κ3) is 5.97. The van der Waals surface area contributed by atoms with E-state index in [2.05, 4.69) is 5.32 Å². The number of hydrogen-bond donors (Lipinski definition) is 1. The molecule has 1 fully saturated rings. The fourth-order valence-corrected chi connectivity index (χ4v) is 3.00. The molecule has 0 radical (unpaired) electrons. The van der Waals surface area contributed by atoms with Crippen molar-refractivity contribution >= 4 is 23.5 Å². The zero-order valence-electron chi connectivity index (χ0n) is 17.6. The molecule has 0 aromatic heterocycles. The van der Waals surface area contributed by atoms with E-state index < -0.39 is 0 Å². The summed E-state index contributed by atoms with van der Waals surface area (Å²) in [5.74, 6) is -0.332. The van der Waals surface area contributed by atoms with Gasteiger partial charge in [0.15, 0.2) is 0 Å². The second-order valence-electron chi connectivity index (χ2n) is 8.35. The number of carbonyl (C=O) groups excluding carboxylic acids is 3. The van der Waals surface area contributed by atoms with Crippen LogP contribution in [0.25, 0.3) is 0 Å². The second kappa shape index (κ2) is 9.08. The van der Waals surface area contributed by atoms with Crippen LogP contribution in [0.2, 0.25) is 0 Å².